The smallest absolute Gasteiger partial charge is 0.224 e. The maximum atomic E-state index is 11.6. The first-order valence-electron chi connectivity index (χ1n) is 5.49. The van der Waals surface area contributed by atoms with Crippen LogP contribution in [0.1, 0.15) is 31.4 Å². The second-order valence-electron chi connectivity index (χ2n) is 3.72. The van der Waals surface area contributed by atoms with Crippen LogP contribution in [-0.2, 0) is 4.79 Å². The average Bonchev–Trinajstić information content (AvgIpc) is 2.31. The number of rotatable bonds is 5. The van der Waals surface area contributed by atoms with Crippen LogP contribution in [0.3, 0.4) is 0 Å². The number of hydrogen-bond acceptors (Lipinski definition) is 2. The van der Waals surface area contributed by atoms with Gasteiger partial charge in [0.1, 0.15) is 0 Å². The number of aryl methyl sites for hydroxylation is 1. The van der Waals surface area contributed by atoms with Gasteiger partial charge in [-0.1, -0.05) is 11.6 Å². The molecule has 1 heterocycles. The van der Waals surface area contributed by atoms with Crippen LogP contribution in [-0.4, -0.2) is 10.9 Å². The monoisotopic (exact) mass is 250 g/mol. The van der Waals surface area contributed by atoms with Gasteiger partial charge in [-0.15, -0.1) is 12.3 Å². The number of hydrogen-bond donors (Lipinski definition) is 1. The Labute approximate surface area is 107 Å². The predicted octanol–water partition coefficient (Wildman–Crippen LogP) is 3.18. The summed E-state index contributed by atoms with van der Waals surface area (Å²) >= 11 is 6.02. The Bertz CT molecular complexity index is 438. The summed E-state index contributed by atoms with van der Waals surface area (Å²) in [7, 11) is 0. The van der Waals surface area contributed by atoms with Gasteiger partial charge in [-0.25, -0.2) is 0 Å². The van der Waals surface area contributed by atoms with Gasteiger partial charge in [-0.05, 0) is 25.8 Å². The highest BCUT2D eigenvalue weighted by molar-refractivity contribution is 6.34. The van der Waals surface area contributed by atoms with Gasteiger partial charge in [0.25, 0.3) is 0 Å². The van der Waals surface area contributed by atoms with Crippen LogP contribution in [0.25, 0.3) is 0 Å². The van der Waals surface area contributed by atoms with Crippen LogP contribution in [0.4, 0.5) is 5.69 Å². The number of aromatic nitrogens is 1. The molecule has 0 radical (unpaired) electrons. The van der Waals surface area contributed by atoms with Crippen molar-refractivity contribution >= 4 is 23.2 Å². The lowest BCUT2D eigenvalue weighted by Crippen LogP contribution is -2.11. The van der Waals surface area contributed by atoms with Crippen molar-refractivity contribution in [3.8, 4) is 12.3 Å². The number of pyridine rings is 1. The van der Waals surface area contributed by atoms with Crippen molar-refractivity contribution in [1.82, 2.24) is 4.98 Å². The van der Waals surface area contributed by atoms with E-state index >= 15 is 0 Å². The molecular weight excluding hydrogens is 236 g/mol. The lowest BCUT2D eigenvalue weighted by atomic mass is 10.2. The Morgan fingerprint density at radius 2 is 2.35 bits per heavy atom. The number of nitrogens with one attached hydrogen (secondary N) is 1. The van der Waals surface area contributed by atoms with Gasteiger partial charge in [-0.2, -0.15) is 0 Å². The predicted molar refractivity (Wildman–Crippen MR) is 69.9 cm³/mol. The van der Waals surface area contributed by atoms with Gasteiger partial charge in [0.05, 0.1) is 16.4 Å². The molecule has 1 aromatic heterocycles. The largest absolute Gasteiger partial charge is 0.325 e. The molecule has 1 rings (SSSR count). The summed E-state index contributed by atoms with van der Waals surface area (Å²) in [5.41, 5.74) is 1.32. The minimum atomic E-state index is -0.0467. The summed E-state index contributed by atoms with van der Waals surface area (Å²) in [5.74, 6) is 2.50. The molecule has 0 fully saturated rings. The Balaban J connectivity index is 2.46. The molecule has 3 nitrogen and oxygen atoms in total. The zero-order chi connectivity index (χ0) is 12.7. The van der Waals surface area contributed by atoms with Crippen molar-refractivity contribution in [2.75, 3.05) is 5.32 Å². The molecule has 0 aromatic carbocycles. The van der Waals surface area contributed by atoms with E-state index in [4.69, 9.17) is 18.0 Å². The van der Waals surface area contributed by atoms with E-state index in [1.54, 1.807) is 19.2 Å². The topological polar surface area (TPSA) is 42.0 Å². The molecule has 0 aliphatic carbocycles. The molecule has 0 aliphatic heterocycles. The van der Waals surface area contributed by atoms with Crippen molar-refractivity contribution in [3.05, 3.63) is 23.0 Å². The SMILES string of the molecule is C#CCCCCC(=O)Nc1ccnc(C)c1Cl. The molecule has 0 bridgehead atoms. The summed E-state index contributed by atoms with van der Waals surface area (Å²) in [6, 6.07) is 1.69. The third-order valence-electron chi connectivity index (χ3n) is 2.31. The van der Waals surface area contributed by atoms with Crippen LogP contribution in [0.5, 0.6) is 0 Å². The van der Waals surface area contributed by atoms with Crippen molar-refractivity contribution in [2.24, 2.45) is 0 Å². The number of terminal acetylenes is 1. The highest BCUT2D eigenvalue weighted by atomic mass is 35.5. The maximum Gasteiger partial charge on any atom is 0.224 e. The summed E-state index contributed by atoms with van der Waals surface area (Å²) in [4.78, 5) is 15.6. The van der Waals surface area contributed by atoms with Gasteiger partial charge < -0.3 is 5.32 Å². The Hall–Kier alpha value is -1.53. The van der Waals surface area contributed by atoms with Gasteiger partial charge in [0.2, 0.25) is 5.91 Å². The normalized spacial score (nSPS) is 9.71. The molecular formula is C13H15ClN2O. The summed E-state index contributed by atoms with van der Waals surface area (Å²) in [5, 5.41) is 3.26. The third kappa shape index (κ3) is 4.46. The molecule has 0 atom stereocenters. The molecule has 0 spiro atoms. The lowest BCUT2D eigenvalue weighted by Gasteiger charge is -2.07. The number of unbranched alkanes of at least 4 members (excludes halogenated alkanes) is 2. The van der Waals surface area contributed by atoms with Gasteiger partial charge in [0.15, 0.2) is 0 Å². The van der Waals surface area contributed by atoms with E-state index in [1.165, 1.54) is 0 Å². The summed E-state index contributed by atoms with van der Waals surface area (Å²) < 4.78 is 0. The first-order chi connectivity index (χ1) is 8.15. The van der Waals surface area contributed by atoms with E-state index in [-0.39, 0.29) is 5.91 Å². The van der Waals surface area contributed by atoms with Crippen LogP contribution < -0.4 is 5.32 Å². The quantitative estimate of drug-likeness (QED) is 0.644. The molecule has 90 valence electrons. The molecule has 1 aromatic rings. The Kier molecular flexibility index (Phi) is 5.51. The highest BCUT2D eigenvalue weighted by Crippen LogP contribution is 2.23. The van der Waals surface area contributed by atoms with Crippen molar-refractivity contribution < 1.29 is 4.79 Å². The number of amides is 1. The molecule has 0 saturated carbocycles. The van der Waals surface area contributed by atoms with E-state index in [0.29, 0.717) is 29.2 Å². The molecule has 1 amide bonds. The first kappa shape index (κ1) is 13.5. The van der Waals surface area contributed by atoms with E-state index in [9.17, 15) is 4.79 Å². The van der Waals surface area contributed by atoms with Crippen LogP contribution in [0, 0.1) is 19.3 Å². The van der Waals surface area contributed by atoms with E-state index in [2.05, 4.69) is 16.2 Å². The van der Waals surface area contributed by atoms with E-state index in [0.717, 1.165) is 12.8 Å². The number of carbonyl (C=O) groups is 1. The van der Waals surface area contributed by atoms with Crippen LogP contribution >= 0.6 is 11.6 Å². The molecule has 17 heavy (non-hydrogen) atoms. The summed E-state index contributed by atoms with van der Waals surface area (Å²) in [6.07, 6.45) is 9.58. The van der Waals surface area contributed by atoms with Gasteiger partial charge in [-0.3, -0.25) is 9.78 Å². The molecule has 4 heteroatoms. The fourth-order valence-corrected chi connectivity index (χ4v) is 1.53. The lowest BCUT2D eigenvalue weighted by molar-refractivity contribution is -0.116. The van der Waals surface area contributed by atoms with Gasteiger partial charge in [0, 0.05) is 19.0 Å². The zero-order valence-electron chi connectivity index (χ0n) is 9.79. The van der Waals surface area contributed by atoms with Crippen molar-refractivity contribution in [3.63, 3.8) is 0 Å². The number of carbonyl (C=O) groups excluding carboxylic acids is 1. The molecule has 0 aliphatic rings. The number of halogens is 1. The maximum absolute atomic E-state index is 11.6. The second-order valence-corrected chi connectivity index (χ2v) is 4.10. The Morgan fingerprint density at radius 1 is 1.59 bits per heavy atom. The third-order valence-corrected chi connectivity index (χ3v) is 2.79. The van der Waals surface area contributed by atoms with Crippen LogP contribution in [0.15, 0.2) is 12.3 Å². The zero-order valence-corrected chi connectivity index (χ0v) is 10.5. The number of nitrogens with zero attached hydrogens (tertiary/aromatic N) is 1. The fourth-order valence-electron chi connectivity index (χ4n) is 1.37. The minimum Gasteiger partial charge on any atom is -0.325 e. The van der Waals surface area contributed by atoms with Crippen molar-refractivity contribution in [1.29, 1.82) is 0 Å². The van der Waals surface area contributed by atoms with E-state index in [1.807, 2.05) is 0 Å². The highest BCUT2D eigenvalue weighted by Gasteiger charge is 2.07. The Morgan fingerprint density at radius 3 is 3.06 bits per heavy atom. The minimum absolute atomic E-state index is 0.0467. The fraction of sp³-hybridized carbons (Fsp3) is 0.385. The summed E-state index contributed by atoms with van der Waals surface area (Å²) in [6.45, 7) is 1.80. The average molecular weight is 251 g/mol. The van der Waals surface area contributed by atoms with Gasteiger partial charge >= 0.3 is 0 Å². The van der Waals surface area contributed by atoms with Crippen molar-refractivity contribution in [2.45, 2.75) is 32.6 Å². The standard InChI is InChI=1S/C13H15ClN2O/c1-3-4-5-6-7-12(17)16-11-8-9-15-10(2)13(11)14/h1,8-9H,4-7H2,2H3,(H,15,16,17). The second kappa shape index (κ2) is 6.93. The molecule has 0 unspecified atom stereocenters. The first-order valence-corrected chi connectivity index (χ1v) is 5.87. The van der Waals surface area contributed by atoms with Crippen LogP contribution in [0.2, 0.25) is 5.02 Å². The molecule has 1 N–H and O–H groups in total. The van der Waals surface area contributed by atoms with E-state index < -0.39 is 0 Å². The molecule has 0 saturated heterocycles. The number of anilines is 1.